The molecule has 1 amide bonds. The Morgan fingerprint density at radius 3 is 2.63 bits per heavy atom. The molecule has 0 saturated heterocycles. The molecule has 0 atom stereocenters. The molecule has 1 aromatic rings. The summed E-state index contributed by atoms with van der Waals surface area (Å²) in [4.78, 5) is 11.4. The number of carbonyl (C=O) groups is 1. The first-order valence-electron chi connectivity index (χ1n) is 6.24. The van der Waals surface area contributed by atoms with Crippen LogP contribution >= 0.6 is 0 Å². The zero-order chi connectivity index (χ0) is 14.5. The summed E-state index contributed by atoms with van der Waals surface area (Å²) in [5.41, 5.74) is 6.93. The summed E-state index contributed by atoms with van der Waals surface area (Å²) in [5.74, 6) is 0.734. The number of carbonyl (C=O) groups excluding carboxylic acids is 1. The van der Waals surface area contributed by atoms with Crippen LogP contribution in [-0.2, 0) is 4.74 Å². The molecule has 19 heavy (non-hydrogen) atoms. The normalized spacial score (nSPS) is 10.9. The van der Waals surface area contributed by atoms with Crippen LogP contribution in [0.15, 0.2) is 18.2 Å². The van der Waals surface area contributed by atoms with Gasteiger partial charge in [0.25, 0.3) is 0 Å². The number of hydrogen-bond donors (Lipinski definition) is 2. The molecule has 5 nitrogen and oxygen atoms in total. The van der Waals surface area contributed by atoms with Crippen molar-refractivity contribution in [3.63, 3.8) is 0 Å². The minimum Gasteiger partial charge on any atom is -0.492 e. The maximum Gasteiger partial charge on any atom is 0.407 e. The Bertz CT molecular complexity index is 439. The zero-order valence-electron chi connectivity index (χ0n) is 11.9. The molecule has 0 aromatic heterocycles. The van der Waals surface area contributed by atoms with Gasteiger partial charge in [0.15, 0.2) is 0 Å². The average Bonchev–Trinajstić information content (AvgIpc) is 2.27. The van der Waals surface area contributed by atoms with Crippen LogP contribution < -0.4 is 15.8 Å². The molecule has 0 unspecified atom stereocenters. The van der Waals surface area contributed by atoms with E-state index in [1.807, 2.05) is 33.8 Å². The van der Waals surface area contributed by atoms with Crippen molar-refractivity contribution in [1.29, 1.82) is 0 Å². The van der Waals surface area contributed by atoms with Gasteiger partial charge in [0, 0.05) is 5.69 Å². The van der Waals surface area contributed by atoms with Gasteiger partial charge in [-0.15, -0.1) is 0 Å². The van der Waals surface area contributed by atoms with E-state index in [1.165, 1.54) is 0 Å². The first kappa shape index (κ1) is 15.1. The van der Waals surface area contributed by atoms with Gasteiger partial charge >= 0.3 is 6.09 Å². The highest BCUT2D eigenvalue weighted by Crippen LogP contribution is 2.18. The third kappa shape index (κ3) is 5.99. The van der Waals surface area contributed by atoms with Crippen LogP contribution in [-0.4, -0.2) is 24.8 Å². The van der Waals surface area contributed by atoms with E-state index in [1.54, 1.807) is 12.1 Å². The number of anilines is 1. The summed E-state index contributed by atoms with van der Waals surface area (Å²) in [6, 6.07) is 5.46. The zero-order valence-corrected chi connectivity index (χ0v) is 11.9. The lowest BCUT2D eigenvalue weighted by atomic mass is 10.2. The van der Waals surface area contributed by atoms with Gasteiger partial charge < -0.3 is 20.5 Å². The van der Waals surface area contributed by atoms with E-state index in [4.69, 9.17) is 15.2 Å². The molecule has 5 heteroatoms. The Morgan fingerprint density at radius 2 is 2.05 bits per heavy atom. The molecule has 106 valence electrons. The number of nitrogen functional groups attached to an aromatic ring is 1. The van der Waals surface area contributed by atoms with E-state index < -0.39 is 11.7 Å². The van der Waals surface area contributed by atoms with E-state index in [2.05, 4.69) is 5.32 Å². The first-order valence-corrected chi connectivity index (χ1v) is 6.24. The Hall–Kier alpha value is -1.91. The maximum absolute atomic E-state index is 11.4. The van der Waals surface area contributed by atoms with Crippen LogP contribution in [0, 0.1) is 6.92 Å². The summed E-state index contributed by atoms with van der Waals surface area (Å²) in [6.07, 6.45) is -0.440. The molecule has 1 rings (SSSR count). The third-order valence-electron chi connectivity index (χ3n) is 2.28. The second kappa shape index (κ2) is 6.31. The Kier molecular flexibility index (Phi) is 5.03. The second-order valence-electron chi connectivity index (χ2n) is 5.30. The SMILES string of the molecule is Cc1cc(OCCNC(=O)OC(C)(C)C)ccc1N. The highest BCUT2D eigenvalue weighted by atomic mass is 16.6. The fraction of sp³-hybridized carbons (Fsp3) is 0.500. The lowest BCUT2D eigenvalue weighted by molar-refractivity contribution is 0.0520. The number of nitrogens with one attached hydrogen (secondary N) is 1. The summed E-state index contributed by atoms with van der Waals surface area (Å²) in [5, 5.41) is 2.62. The molecule has 0 saturated carbocycles. The van der Waals surface area contributed by atoms with Crippen LogP contribution in [0.3, 0.4) is 0 Å². The Morgan fingerprint density at radius 1 is 1.37 bits per heavy atom. The number of nitrogens with two attached hydrogens (primary N) is 1. The lowest BCUT2D eigenvalue weighted by Gasteiger charge is -2.19. The van der Waals surface area contributed by atoms with Crippen molar-refractivity contribution in [3.8, 4) is 5.75 Å². The first-order chi connectivity index (χ1) is 8.78. The highest BCUT2D eigenvalue weighted by molar-refractivity contribution is 5.67. The molecule has 0 aliphatic rings. The van der Waals surface area contributed by atoms with Crippen molar-refractivity contribution in [2.45, 2.75) is 33.3 Å². The molecule has 1 aromatic carbocycles. The predicted octanol–water partition coefficient (Wildman–Crippen LogP) is 2.48. The van der Waals surface area contributed by atoms with Crippen LogP contribution in [0.2, 0.25) is 0 Å². The van der Waals surface area contributed by atoms with Gasteiger partial charge in [-0.05, 0) is 51.5 Å². The van der Waals surface area contributed by atoms with E-state index >= 15 is 0 Å². The smallest absolute Gasteiger partial charge is 0.407 e. The van der Waals surface area contributed by atoms with E-state index in [9.17, 15) is 4.79 Å². The number of ether oxygens (including phenoxy) is 2. The maximum atomic E-state index is 11.4. The van der Waals surface area contributed by atoms with Gasteiger partial charge in [0.2, 0.25) is 0 Å². The molecule has 0 radical (unpaired) electrons. The number of hydrogen-bond acceptors (Lipinski definition) is 4. The Labute approximate surface area is 114 Å². The molecular formula is C14H22N2O3. The molecule has 3 N–H and O–H groups in total. The van der Waals surface area contributed by atoms with Gasteiger partial charge in [-0.1, -0.05) is 0 Å². The number of alkyl carbamates (subject to hydrolysis) is 1. The monoisotopic (exact) mass is 266 g/mol. The number of aryl methyl sites for hydroxylation is 1. The van der Waals surface area contributed by atoms with Gasteiger partial charge in [-0.3, -0.25) is 0 Å². The van der Waals surface area contributed by atoms with Crippen molar-refractivity contribution < 1.29 is 14.3 Å². The lowest BCUT2D eigenvalue weighted by Crippen LogP contribution is -2.34. The van der Waals surface area contributed by atoms with Crippen LogP contribution in [0.1, 0.15) is 26.3 Å². The molecule has 0 spiro atoms. The summed E-state index contributed by atoms with van der Waals surface area (Å²) >= 11 is 0. The third-order valence-corrected chi connectivity index (χ3v) is 2.28. The second-order valence-corrected chi connectivity index (χ2v) is 5.30. The summed E-state index contributed by atoms with van der Waals surface area (Å²) in [6.45, 7) is 8.14. The van der Waals surface area contributed by atoms with E-state index in [-0.39, 0.29) is 0 Å². The number of benzene rings is 1. The van der Waals surface area contributed by atoms with E-state index in [0.29, 0.717) is 13.2 Å². The predicted molar refractivity (Wildman–Crippen MR) is 75.3 cm³/mol. The highest BCUT2D eigenvalue weighted by Gasteiger charge is 2.15. The molecule has 0 aliphatic heterocycles. The molecule has 0 bridgehead atoms. The van der Waals surface area contributed by atoms with Crippen molar-refractivity contribution in [1.82, 2.24) is 5.32 Å². The minimum absolute atomic E-state index is 0.378. The summed E-state index contributed by atoms with van der Waals surface area (Å²) in [7, 11) is 0. The largest absolute Gasteiger partial charge is 0.492 e. The summed E-state index contributed by atoms with van der Waals surface area (Å²) < 4.78 is 10.6. The quantitative estimate of drug-likeness (QED) is 0.648. The van der Waals surface area contributed by atoms with E-state index in [0.717, 1.165) is 17.0 Å². The van der Waals surface area contributed by atoms with Crippen LogP contribution in [0.4, 0.5) is 10.5 Å². The number of rotatable bonds is 4. The minimum atomic E-state index is -0.487. The number of amides is 1. The van der Waals surface area contributed by atoms with Gasteiger partial charge in [0.1, 0.15) is 18.0 Å². The fourth-order valence-electron chi connectivity index (χ4n) is 1.37. The van der Waals surface area contributed by atoms with Gasteiger partial charge in [-0.25, -0.2) is 4.79 Å². The van der Waals surface area contributed by atoms with Crippen LogP contribution in [0.25, 0.3) is 0 Å². The van der Waals surface area contributed by atoms with Crippen LogP contribution in [0.5, 0.6) is 5.75 Å². The standard InChI is InChI=1S/C14H22N2O3/c1-10-9-11(5-6-12(10)15)18-8-7-16-13(17)19-14(2,3)4/h5-6,9H,7-8,15H2,1-4H3,(H,16,17). The fourth-order valence-corrected chi connectivity index (χ4v) is 1.37. The van der Waals surface area contributed by atoms with Gasteiger partial charge in [-0.2, -0.15) is 0 Å². The molecule has 0 fully saturated rings. The van der Waals surface area contributed by atoms with Gasteiger partial charge in [0.05, 0.1) is 6.54 Å². The van der Waals surface area contributed by atoms with Crippen molar-refractivity contribution in [3.05, 3.63) is 23.8 Å². The van der Waals surface area contributed by atoms with Crippen molar-refractivity contribution in [2.75, 3.05) is 18.9 Å². The Balaban J connectivity index is 2.27. The average molecular weight is 266 g/mol. The molecule has 0 heterocycles. The molecular weight excluding hydrogens is 244 g/mol. The van der Waals surface area contributed by atoms with Crippen molar-refractivity contribution >= 4 is 11.8 Å². The molecule has 0 aliphatic carbocycles. The topological polar surface area (TPSA) is 73.6 Å². The van der Waals surface area contributed by atoms with Crippen molar-refractivity contribution in [2.24, 2.45) is 0 Å².